The molecule has 2 aliphatic heterocycles. The van der Waals surface area contributed by atoms with Crippen molar-refractivity contribution in [3.63, 3.8) is 0 Å². The lowest BCUT2D eigenvalue weighted by atomic mass is 10.1. The first kappa shape index (κ1) is 11.0. The lowest BCUT2D eigenvalue weighted by molar-refractivity contribution is -0.781. The maximum absolute atomic E-state index is 4.63. The number of hydrogen-bond acceptors (Lipinski definition) is 3. The van der Waals surface area contributed by atoms with E-state index in [1.807, 2.05) is 19.5 Å². The van der Waals surface area contributed by atoms with Crippen LogP contribution < -0.4 is 5.43 Å². The largest absolute Gasteiger partial charge is 0.293 e. The van der Waals surface area contributed by atoms with E-state index < -0.39 is 0 Å². The summed E-state index contributed by atoms with van der Waals surface area (Å²) in [6, 6.07) is 0. The van der Waals surface area contributed by atoms with Crippen LogP contribution in [-0.4, -0.2) is 21.7 Å². The Morgan fingerprint density at radius 2 is 2.20 bits per heavy atom. The maximum Gasteiger partial charge on any atom is 0.293 e. The number of amidine groups is 1. The lowest BCUT2D eigenvalue weighted by Crippen LogP contribution is -2.52. The van der Waals surface area contributed by atoms with Gasteiger partial charge in [-0.2, -0.15) is 10.4 Å². The van der Waals surface area contributed by atoms with Gasteiger partial charge in [-0.1, -0.05) is 13.8 Å². The van der Waals surface area contributed by atoms with E-state index in [4.69, 9.17) is 0 Å². The van der Waals surface area contributed by atoms with Gasteiger partial charge in [-0.3, -0.25) is 4.99 Å². The molecule has 2 heterocycles. The second-order valence-corrected chi connectivity index (χ2v) is 4.79. The molecule has 0 aliphatic carbocycles. The molecule has 0 bridgehead atoms. The number of aliphatic imine (C=N–C) groups is 2. The van der Waals surface area contributed by atoms with Crippen LogP contribution in [0.4, 0.5) is 0 Å². The van der Waals surface area contributed by atoms with Crippen LogP contribution in [0.5, 0.6) is 0 Å². The molecule has 0 radical (unpaired) electrons. The predicted molar refractivity (Wildman–Crippen MR) is 70.3 cm³/mol. The van der Waals surface area contributed by atoms with Crippen LogP contribution >= 0.6 is 22.6 Å². The average Bonchev–Trinajstić information content (AvgIpc) is 2.54. The first-order valence-corrected chi connectivity index (χ1v) is 5.98. The second-order valence-electron chi connectivity index (χ2n) is 3.83. The van der Waals surface area contributed by atoms with Crippen molar-refractivity contribution in [1.29, 1.82) is 0 Å². The molecule has 80 valence electrons. The summed E-state index contributed by atoms with van der Waals surface area (Å²) in [5.41, 5.74) is 5.51. The Morgan fingerprint density at radius 1 is 1.47 bits per heavy atom. The molecule has 0 amide bonds. The fourth-order valence-electron chi connectivity index (χ4n) is 1.78. The first-order chi connectivity index (χ1) is 7.12. The molecule has 0 aromatic rings. The highest BCUT2D eigenvalue weighted by molar-refractivity contribution is 14.1. The Morgan fingerprint density at radius 3 is 2.80 bits per heavy atom. The molecule has 1 unspecified atom stereocenters. The number of nitrogens with zero attached hydrogens (tertiary/aromatic N) is 3. The van der Waals surface area contributed by atoms with E-state index in [9.17, 15) is 0 Å². The van der Waals surface area contributed by atoms with Gasteiger partial charge in [0.15, 0.2) is 0 Å². The van der Waals surface area contributed by atoms with Gasteiger partial charge in [-0.25, -0.2) is 0 Å². The van der Waals surface area contributed by atoms with Crippen molar-refractivity contribution in [1.82, 2.24) is 5.43 Å². The van der Waals surface area contributed by atoms with Crippen LogP contribution in [-0.2, 0) is 0 Å². The summed E-state index contributed by atoms with van der Waals surface area (Å²) in [4.78, 5) is 8.81. The second kappa shape index (κ2) is 3.80. The monoisotopic (exact) mass is 317 g/mol. The molecule has 1 N–H and O–H groups in total. The Bertz CT molecular complexity index is 406. The molecule has 0 saturated heterocycles. The maximum atomic E-state index is 4.63. The Balaban J connectivity index is 2.58. The van der Waals surface area contributed by atoms with E-state index in [2.05, 4.69) is 51.8 Å². The van der Waals surface area contributed by atoms with Gasteiger partial charge in [-0.05, 0) is 0 Å². The number of rotatable bonds is 2. The van der Waals surface area contributed by atoms with Crippen molar-refractivity contribution >= 4 is 32.6 Å². The molecular weight excluding hydrogens is 303 g/mol. The van der Waals surface area contributed by atoms with Crippen LogP contribution in [0, 0.1) is 5.92 Å². The molecule has 15 heavy (non-hydrogen) atoms. The van der Waals surface area contributed by atoms with Gasteiger partial charge in [-0.15, -0.1) is 4.59 Å². The summed E-state index contributed by atoms with van der Waals surface area (Å²) in [5, 5.41) is 0. The molecule has 2 aliphatic rings. The van der Waals surface area contributed by atoms with Crippen LogP contribution in [0.2, 0.25) is 0 Å². The van der Waals surface area contributed by atoms with Gasteiger partial charge in [0.1, 0.15) is 11.9 Å². The zero-order valence-electron chi connectivity index (χ0n) is 9.03. The third kappa shape index (κ3) is 1.49. The standard InChI is InChI=1S/C10H14IN4/c1-7(2)9-8-6-13-4-5-15(8,12-3)10(11)14-9/h4-7,12H,1-3H3/q+1. The quantitative estimate of drug-likeness (QED) is 0.473. The molecule has 4 nitrogen and oxygen atoms in total. The summed E-state index contributed by atoms with van der Waals surface area (Å²) < 4.78 is 1.51. The fourth-order valence-corrected chi connectivity index (χ4v) is 2.70. The molecule has 0 saturated carbocycles. The van der Waals surface area contributed by atoms with Gasteiger partial charge in [0.05, 0.1) is 35.0 Å². The summed E-state index contributed by atoms with van der Waals surface area (Å²) in [6.07, 6.45) is 5.70. The lowest BCUT2D eigenvalue weighted by Gasteiger charge is -2.28. The highest BCUT2D eigenvalue weighted by Crippen LogP contribution is 2.34. The number of hydrogen-bond donors (Lipinski definition) is 1. The van der Waals surface area contributed by atoms with Gasteiger partial charge < -0.3 is 0 Å². The van der Waals surface area contributed by atoms with E-state index in [0.717, 1.165) is 15.2 Å². The Labute approximate surface area is 103 Å². The minimum absolute atomic E-state index is 0.413. The number of quaternary nitrogens is 1. The minimum Gasteiger partial charge on any atom is -0.253 e. The highest BCUT2D eigenvalue weighted by atomic mass is 127. The Kier molecular flexibility index (Phi) is 2.78. The summed E-state index contributed by atoms with van der Waals surface area (Å²) in [5.74, 6) is 0.413. The Hall–Kier alpha value is -0.530. The molecule has 2 rings (SSSR count). The van der Waals surface area contributed by atoms with E-state index in [1.54, 1.807) is 6.20 Å². The third-order valence-corrected chi connectivity index (χ3v) is 3.62. The van der Waals surface area contributed by atoms with Crippen molar-refractivity contribution in [2.45, 2.75) is 13.8 Å². The molecule has 5 heteroatoms. The van der Waals surface area contributed by atoms with Crippen molar-refractivity contribution in [3.05, 3.63) is 23.8 Å². The smallest absolute Gasteiger partial charge is 0.253 e. The average molecular weight is 317 g/mol. The normalized spacial score (nSPS) is 28.7. The number of allylic oxidation sites excluding steroid dienone is 2. The van der Waals surface area contributed by atoms with Crippen molar-refractivity contribution in [3.8, 4) is 0 Å². The fraction of sp³-hybridized carbons (Fsp3) is 0.400. The molecular formula is C10H14IN4+. The summed E-state index contributed by atoms with van der Waals surface area (Å²) >= 11 is 2.27. The number of halogens is 1. The first-order valence-electron chi connectivity index (χ1n) is 4.90. The van der Waals surface area contributed by atoms with E-state index in [1.165, 1.54) is 0 Å². The molecule has 0 spiro atoms. The summed E-state index contributed by atoms with van der Waals surface area (Å²) in [7, 11) is 1.93. The molecule has 0 aromatic heterocycles. The van der Waals surface area contributed by atoms with Crippen LogP contribution in [0.25, 0.3) is 0 Å². The van der Waals surface area contributed by atoms with Crippen molar-refractivity contribution in [2.75, 3.05) is 7.05 Å². The highest BCUT2D eigenvalue weighted by Gasteiger charge is 2.44. The van der Waals surface area contributed by atoms with E-state index in [-0.39, 0.29) is 0 Å². The molecule has 1 atom stereocenters. The van der Waals surface area contributed by atoms with Gasteiger partial charge in [0.2, 0.25) is 5.70 Å². The molecule has 0 aromatic carbocycles. The minimum atomic E-state index is 0.413. The SMILES string of the molecule is CN[N+]12C=CN=CC1=C(C(C)C)N=C2I. The van der Waals surface area contributed by atoms with Gasteiger partial charge in [0.25, 0.3) is 3.84 Å². The van der Waals surface area contributed by atoms with E-state index in [0.29, 0.717) is 10.5 Å². The van der Waals surface area contributed by atoms with Gasteiger partial charge in [0, 0.05) is 13.0 Å². The van der Waals surface area contributed by atoms with Crippen molar-refractivity contribution in [2.24, 2.45) is 15.9 Å². The topological polar surface area (TPSA) is 36.8 Å². The molecule has 0 fully saturated rings. The third-order valence-electron chi connectivity index (χ3n) is 2.62. The summed E-state index contributed by atoms with van der Waals surface area (Å²) in [6.45, 7) is 4.30. The number of nitrogens with one attached hydrogen (secondary N) is 1. The zero-order chi connectivity index (χ0) is 11.1. The van der Waals surface area contributed by atoms with Crippen LogP contribution in [0.3, 0.4) is 0 Å². The van der Waals surface area contributed by atoms with Crippen LogP contribution in [0.1, 0.15) is 13.8 Å². The zero-order valence-corrected chi connectivity index (χ0v) is 11.2. The van der Waals surface area contributed by atoms with E-state index >= 15 is 0 Å². The van der Waals surface area contributed by atoms with Gasteiger partial charge >= 0.3 is 0 Å². The van der Waals surface area contributed by atoms with Crippen LogP contribution in [0.15, 0.2) is 33.8 Å². The van der Waals surface area contributed by atoms with Crippen molar-refractivity contribution < 1.29 is 4.59 Å². The predicted octanol–water partition coefficient (Wildman–Crippen LogP) is 2.17. The number of fused-ring (bicyclic) bond motifs is 1.